The van der Waals surface area contributed by atoms with Gasteiger partial charge in [-0.2, -0.15) is 0 Å². The number of aliphatic hydroxyl groups excluding tert-OH is 1. The molecule has 7 heteroatoms. The zero-order valence-electron chi connectivity index (χ0n) is 11.4. The molecule has 0 bridgehead atoms. The number of rotatable bonds is 4. The fourth-order valence-corrected chi connectivity index (χ4v) is 2.84. The number of carbonyl (C=O) groups is 3. The fourth-order valence-electron chi connectivity index (χ4n) is 2.84. The summed E-state index contributed by atoms with van der Waals surface area (Å²) in [5, 5.41) is 16.9. The van der Waals surface area contributed by atoms with E-state index >= 15 is 0 Å². The minimum Gasteiger partial charge on any atom is -0.396 e. The van der Waals surface area contributed by atoms with Gasteiger partial charge < -0.3 is 15.7 Å². The second kappa shape index (κ2) is 6.21. The second-order valence-electron chi connectivity index (χ2n) is 5.70. The van der Waals surface area contributed by atoms with Gasteiger partial charge in [0.2, 0.25) is 11.8 Å². The van der Waals surface area contributed by atoms with Crippen LogP contribution in [0.2, 0.25) is 0 Å². The maximum atomic E-state index is 12.1. The smallest absolute Gasteiger partial charge is 0.322 e. The first-order chi connectivity index (χ1) is 9.54. The molecule has 2 fully saturated rings. The van der Waals surface area contributed by atoms with Crippen molar-refractivity contribution in [3.8, 4) is 0 Å². The number of nitrogens with one attached hydrogen (secondary N) is 3. The molecular formula is C13H21N3O4. The van der Waals surface area contributed by atoms with Crippen molar-refractivity contribution < 1.29 is 19.5 Å². The van der Waals surface area contributed by atoms with E-state index in [1.165, 1.54) is 0 Å². The molecule has 1 saturated carbocycles. The maximum Gasteiger partial charge on any atom is 0.322 e. The third-order valence-electron chi connectivity index (χ3n) is 4.17. The van der Waals surface area contributed by atoms with Gasteiger partial charge in [-0.3, -0.25) is 14.9 Å². The Morgan fingerprint density at radius 2 is 2.05 bits per heavy atom. The molecule has 20 heavy (non-hydrogen) atoms. The molecule has 2 aliphatic rings. The molecule has 0 aromatic carbocycles. The quantitative estimate of drug-likeness (QED) is 0.565. The number of urea groups is 1. The lowest BCUT2D eigenvalue weighted by atomic mass is 9.87. The van der Waals surface area contributed by atoms with E-state index in [0.717, 1.165) is 25.7 Å². The second-order valence-corrected chi connectivity index (χ2v) is 5.70. The molecular weight excluding hydrogens is 262 g/mol. The molecule has 1 aliphatic carbocycles. The van der Waals surface area contributed by atoms with E-state index in [1.807, 2.05) is 0 Å². The SMILES string of the molecule is O=C1CCC(C(=O)NCC2(CO)CCCC2)NC(=O)N1. The molecule has 7 nitrogen and oxygen atoms in total. The third kappa shape index (κ3) is 3.47. The minimum atomic E-state index is -0.696. The Labute approximate surface area is 117 Å². The van der Waals surface area contributed by atoms with Crippen LogP contribution < -0.4 is 16.0 Å². The van der Waals surface area contributed by atoms with Crippen LogP contribution >= 0.6 is 0 Å². The van der Waals surface area contributed by atoms with E-state index < -0.39 is 12.1 Å². The largest absolute Gasteiger partial charge is 0.396 e. The zero-order valence-corrected chi connectivity index (χ0v) is 11.4. The Kier molecular flexibility index (Phi) is 4.59. The molecule has 1 unspecified atom stereocenters. The van der Waals surface area contributed by atoms with Crippen molar-refractivity contribution in [3.63, 3.8) is 0 Å². The molecule has 0 spiro atoms. The van der Waals surface area contributed by atoms with Gasteiger partial charge in [-0.15, -0.1) is 0 Å². The standard InChI is InChI=1S/C13H21N3O4/c17-8-13(5-1-2-6-13)7-14-11(19)9-3-4-10(18)16-12(20)15-9/h9,17H,1-8H2,(H,14,19)(H2,15,16,18,20). The highest BCUT2D eigenvalue weighted by molar-refractivity contribution is 5.98. The van der Waals surface area contributed by atoms with Crippen LogP contribution in [0, 0.1) is 5.41 Å². The Bertz CT molecular complexity index is 404. The fraction of sp³-hybridized carbons (Fsp3) is 0.769. The summed E-state index contributed by atoms with van der Waals surface area (Å²) >= 11 is 0. The van der Waals surface area contributed by atoms with E-state index in [4.69, 9.17) is 0 Å². The summed E-state index contributed by atoms with van der Waals surface area (Å²) in [5.74, 6) is -0.671. The van der Waals surface area contributed by atoms with Gasteiger partial charge in [0, 0.05) is 18.4 Å². The van der Waals surface area contributed by atoms with Crippen molar-refractivity contribution in [2.75, 3.05) is 13.2 Å². The lowest BCUT2D eigenvalue weighted by Gasteiger charge is -2.27. The van der Waals surface area contributed by atoms with E-state index in [9.17, 15) is 19.5 Å². The lowest BCUT2D eigenvalue weighted by Crippen LogP contribution is -2.50. The molecule has 0 aromatic heterocycles. The average molecular weight is 283 g/mol. The zero-order chi connectivity index (χ0) is 14.6. The number of hydrogen-bond acceptors (Lipinski definition) is 4. The van der Waals surface area contributed by atoms with Crippen molar-refractivity contribution in [1.82, 2.24) is 16.0 Å². The predicted molar refractivity (Wildman–Crippen MR) is 70.7 cm³/mol. The summed E-state index contributed by atoms with van der Waals surface area (Å²) in [6.07, 6.45) is 4.36. The summed E-state index contributed by atoms with van der Waals surface area (Å²) < 4.78 is 0. The van der Waals surface area contributed by atoms with E-state index in [0.29, 0.717) is 6.54 Å². The molecule has 1 heterocycles. The molecule has 0 radical (unpaired) electrons. The predicted octanol–water partition coefficient (Wildman–Crippen LogP) is -0.356. The van der Waals surface area contributed by atoms with Crippen LogP contribution in [0.1, 0.15) is 38.5 Å². The number of amides is 4. The summed E-state index contributed by atoms with van der Waals surface area (Å²) in [5.41, 5.74) is -0.224. The van der Waals surface area contributed by atoms with Gasteiger partial charge in [0.05, 0.1) is 6.61 Å². The Hall–Kier alpha value is -1.63. The van der Waals surface area contributed by atoms with Crippen molar-refractivity contribution in [2.45, 2.75) is 44.6 Å². The van der Waals surface area contributed by atoms with Gasteiger partial charge in [0.25, 0.3) is 0 Å². The van der Waals surface area contributed by atoms with Crippen LogP contribution in [0.4, 0.5) is 4.79 Å². The summed E-state index contributed by atoms with van der Waals surface area (Å²) in [6, 6.07) is -1.33. The first kappa shape index (κ1) is 14.8. The van der Waals surface area contributed by atoms with Crippen molar-refractivity contribution in [3.05, 3.63) is 0 Å². The van der Waals surface area contributed by atoms with Gasteiger partial charge in [-0.05, 0) is 19.3 Å². The van der Waals surface area contributed by atoms with Gasteiger partial charge in [-0.25, -0.2) is 4.79 Å². The van der Waals surface area contributed by atoms with Crippen LogP contribution in [0.5, 0.6) is 0 Å². The van der Waals surface area contributed by atoms with E-state index in [2.05, 4.69) is 16.0 Å². The van der Waals surface area contributed by atoms with Gasteiger partial charge in [0.15, 0.2) is 0 Å². The molecule has 112 valence electrons. The van der Waals surface area contributed by atoms with Crippen LogP contribution in [0.3, 0.4) is 0 Å². The van der Waals surface area contributed by atoms with Gasteiger partial charge in [-0.1, -0.05) is 12.8 Å². The highest BCUT2D eigenvalue weighted by atomic mass is 16.3. The highest BCUT2D eigenvalue weighted by Gasteiger charge is 2.34. The number of hydrogen-bond donors (Lipinski definition) is 4. The van der Waals surface area contributed by atoms with Crippen molar-refractivity contribution in [1.29, 1.82) is 0 Å². The number of imide groups is 1. The van der Waals surface area contributed by atoms with Crippen LogP contribution in [-0.4, -0.2) is 42.1 Å². The van der Waals surface area contributed by atoms with Crippen LogP contribution in [0.25, 0.3) is 0 Å². The summed E-state index contributed by atoms with van der Waals surface area (Å²) in [6.45, 7) is 0.473. The molecule has 0 aromatic rings. The Morgan fingerprint density at radius 1 is 1.35 bits per heavy atom. The van der Waals surface area contributed by atoms with Gasteiger partial charge in [0.1, 0.15) is 6.04 Å². The van der Waals surface area contributed by atoms with Crippen molar-refractivity contribution in [2.24, 2.45) is 5.41 Å². The normalized spacial score (nSPS) is 25.6. The first-order valence-electron chi connectivity index (χ1n) is 7.04. The summed E-state index contributed by atoms with van der Waals surface area (Å²) in [4.78, 5) is 34.6. The van der Waals surface area contributed by atoms with E-state index in [1.54, 1.807) is 0 Å². The number of aliphatic hydroxyl groups is 1. The highest BCUT2D eigenvalue weighted by Crippen LogP contribution is 2.36. The Balaban J connectivity index is 1.87. The lowest BCUT2D eigenvalue weighted by molar-refractivity contribution is -0.123. The Morgan fingerprint density at radius 3 is 2.70 bits per heavy atom. The minimum absolute atomic E-state index is 0.0599. The average Bonchev–Trinajstić information content (AvgIpc) is 2.83. The molecule has 2 rings (SSSR count). The molecule has 4 N–H and O–H groups in total. The summed E-state index contributed by atoms with van der Waals surface area (Å²) in [7, 11) is 0. The van der Waals surface area contributed by atoms with E-state index in [-0.39, 0.29) is 36.7 Å². The molecule has 1 aliphatic heterocycles. The number of carbonyl (C=O) groups excluding carboxylic acids is 3. The molecule has 1 saturated heterocycles. The molecule has 1 atom stereocenters. The third-order valence-corrected chi connectivity index (χ3v) is 4.17. The first-order valence-corrected chi connectivity index (χ1v) is 7.04. The van der Waals surface area contributed by atoms with Crippen LogP contribution in [-0.2, 0) is 9.59 Å². The van der Waals surface area contributed by atoms with Crippen LogP contribution in [0.15, 0.2) is 0 Å². The topological polar surface area (TPSA) is 108 Å². The van der Waals surface area contributed by atoms with Crippen molar-refractivity contribution >= 4 is 17.8 Å². The monoisotopic (exact) mass is 283 g/mol. The maximum absolute atomic E-state index is 12.1. The molecule has 4 amide bonds. The van der Waals surface area contributed by atoms with Gasteiger partial charge >= 0.3 is 6.03 Å².